The monoisotopic (exact) mass is 240 g/mol. The first-order valence-electron chi connectivity index (χ1n) is 5.35. The second kappa shape index (κ2) is 4.80. The zero-order chi connectivity index (χ0) is 11.5. The molecule has 0 radical (unpaired) electrons. The fraction of sp³-hybridized carbons (Fsp3) is 0.455. The van der Waals surface area contributed by atoms with Crippen molar-refractivity contribution in [3.05, 3.63) is 38.9 Å². The third kappa shape index (κ3) is 2.33. The number of benzene rings is 1. The number of halogens is 1. The Morgan fingerprint density at radius 3 is 2.81 bits per heavy atom. The Bertz CT molecular complexity index is 403. The lowest BCUT2D eigenvalue weighted by Gasteiger charge is -2.23. The number of piperidine rings is 1. The average Bonchev–Trinajstić information content (AvgIpc) is 2.29. The fourth-order valence-corrected chi connectivity index (χ4v) is 2.28. The number of nitrogens with one attached hydrogen (secondary N) is 1. The third-order valence-electron chi connectivity index (χ3n) is 2.88. The van der Waals surface area contributed by atoms with Crippen LogP contribution in [-0.2, 0) is 0 Å². The molecule has 0 amide bonds. The topological polar surface area (TPSA) is 55.2 Å². The van der Waals surface area contributed by atoms with Crippen molar-refractivity contribution in [1.29, 1.82) is 0 Å². The highest BCUT2D eigenvalue weighted by Crippen LogP contribution is 2.30. The molecule has 86 valence electrons. The summed E-state index contributed by atoms with van der Waals surface area (Å²) < 4.78 is 0. The molecule has 1 saturated heterocycles. The summed E-state index contributed by atoms with van der Waals surface area (Å²) in [5.74, 6) is 0. The molecule has 0 aromatic heterocycles. The molecular weight excluding hydrogens is 228 g/mol. The van der Waals surface area contributed by atoms with Gasteiger partial charge in [0.1, 0.15) is 5.02 Å². The summed E-state index contributed by atoms with van der Waals surface area (Å²) in [7, 11) is 0. The van der Waals surface area contributed by atoms with Gasteiger partial charge in [0.15, 0.2) is 0 Å². The van der Waals surface area contributed by atoms with E-state index in [1.54, 1.807) is 12.1 Å². The molecule has 0 spiro atoms. The van der Waals surface area contributed by atoms with Crippen LogP contribution in [0.3, 0.4) is 0 Å². The van der Waals surface area contributed by atoms with E-state index < -0.39 is 4.92 Å². The third-order valence-corrected chi connectivity index (χ3v) is 3.18. The minimum absolute atomic E-state index is 0.0266. The standard InChI is InChI=1S/C11H13ClN2O2/c12-9-7-8(4-5-11(9)14(15)16)10-3-1-2-6-13-10/h4-5,7,10,13H,1-3,6H2. The van der Waals surface area contributed by atoms with E-state index in [4.69, 9.17) is 11.6 Å². The van der Waals surface area contributed by atoms with Crippen LogP contribution in [0.15, 0.2) is 18.2 Å². The molecule has 1 aliphatic rings. The van der Waals surface area contributed by atoms with Crippen LogP contribution in [0.1, 0.15) is 30.9 Å². The summed E-state index contributed by atoms with van der Waals surface area (Å²) in [5, 5.41) is 14.2. The van der Waals surface area contributed by atoms with Crippen LogP contribution in [0, 0.1) is 10.1 Å². The maximum Gasteiger partial charge on any atom is 0.287 e. The average molecular weight is 241 g/mol. The summed E-state index contributed by atoms with van der Waals surface area (Å²) in [6.45, 7) is 0.999. The van der Waals surface area contributed by atoms with Crippen molar-refractivity contribution in [3.63, 3.8) is 0 Å². The molecule has 0 saturated carbocycles. The van der Waals surface area contributed by atoms with E-state index in [-0.39, 0.29) is 16.8 Å². The largest absolute Gasteiger partial charge is 0.310 e. The number of nitro benzene ring substituents is 1. The predicted molar refractivity (Wildman–Crippen MR) is 62.7 cm³/mol. The molecule has 0 aliphatic carbocycles. The molecule has 1 aromatic carbocycles. The van der Waals surface area contributed by atoms with Crippen LogP contribution < -0.4 is 5.32 Å². The van der Waals surface area contributed by atoms with E-state index >= 15 is 0 Å². The van der Waals surface area contributed by atoms with Crippen LogP contribution in [0.5, 0.6) is 0 Å². The van der Waals surface area contributed by atoms with Gasteiger partial charge in [0.05, 0.1) is 4.92 Å². The molecule has 1 aliphatic heterocycles. The Balaban J connectivity index is 2.23. The summed E-state index contributed by atoms with van der Waals surface area (Å²) in [5.41, 5.74) is 1.01. The van der Waals surface area contributed by atoms with Gasteiger partial charge in [-0.25, -0.2) is 0 Å². The molecule has 16 heavy (non-hydrogen) atoms. The highest BCUT2D eigenvalue weighted by molar-refractivity contribution is 6.32. The lowest BCUT2D eigenvalue weighted by Crippen LogP contribution is -2.26. The smallest absolute Gasteiger partial charge is 0.287 e. The molecule has 0 bridgehead atoms. The van der Waals surface area contributed by atoms with Gasteiger partial charge in [0.2, 0.25) is 0 Å². The van der Waals surface area contributed by atoms with Crippen LogP contribution in [0.25, 0.3) is 0 Å². The van der Waals surface area contributed by atoms with Crippen LogP contribution in [-0.4, -0.2) is 11.5 Å². The Morgan fingerprint density at radius 2 is 2.25 bits per heavy atom. The van der Waals surface area contributed by atoms with Gasteiger partial charge in [-0.1, -0.05) is 24.1 Å². The van der Waals surface area contributed by atoms with Crippen molar-refractivity contribution < 1.29 is 4.92 Å². The minimum atomic E-state index is -0.458. The maximum absolute atomic E-state index is 10.6. The van der Waals surface area contributed by atoms with Gasteiger partial charge >= 0.3 is 0 Å². The van der Waals surface area contributed by atoms with Gasteiger partial charge in [-0.15, -0.1) is 0 Å². The lowest BCUT2D eigenvalue weighted by molar-refractivity contribution is -0.384. The Kier molecular flexibility index (Phi) is 3.41. The number of hydrogen-bond donors (Lipinski definition) is 1. The molecule has 5 heteroatoms. The number of hydrogen-bond acceptors (Lipinski definition) is 3. The van der Waals surface area contributed by atoms with Crippen LogP contribution in [0.4, 0.5) is 5.69 Å². The van der Waals surface area contributed by atoms with Gasteiger partial charge in [-0.05, 0) is 31.0 Å². The summed E-state index contributed by atoms with van der Waals surface area (Å²) >= 11 is 5.87. The zero-order valence-corrected chi connectivity index (χ0v) is 9.54. The Labute approximate surface area is 98.8 Å². The van der Waals surface area contributed by atoms with Crippen LogP contribution in [0.2, 0.25) is 5.02 Å². The van der Waals surface area contributed by atoms with Crippen molar-refractivity contribution in [2.24, 2.45) is 0 Å². The summed E-state index contributed by atoms with van der Waals surface area (Å²) in [6.07, 6.45) is 3.44. The van der Waals surface area contributed by atoms with Crippen LogP contribution >= 0.6 is 11.6 Å². The van der Waals surface area contributed by atoms with Gasteiger partial charge in [0, 0.05) is 12.1 Å². The minimum Gasteiger partial charge on any atom is -0.310 e. The predicted octanol–water partition coefficient (Wildman–Crippen LogP) is 3.06. The number of nitro groups is 1. The highest BCUT2D eigenvalue weighted by atomic mass is 35.5. The van der Waals surface area contributed by atoms with E-state index in [1.165, 1.54) is 18.9 Å². The van der Waals surface area contributed by atoms with Crippen molar-refractivity contribution in [3.8, 4) is 0 Å². The van der Waals surface area contributed by atoms with Crippen molar-refractivity contribution in [2.75, 3.05) is 6.54 Å². The molecule has 1 N–H and O–H groups in total. The zero-order valence-electron chi connectivity index (χ0n) is 8.78. The molecule has 2 rings (SSSR count). The number of rotatable bonds is 2. The molecular formula is C11H13ClN2O2. The maximum atomic E-state index is 10.6. The Morgan fingerprint density at radius 1 is 1.44 bits per heavy atom. The van der Waals surface area contributed by atoms with Crippen molar-refractivity contribution >= 4 is 17.3 Å². The molecule has 1 atom stereocenters. The van der Waals surface area contributed by atoms with Gasteiger partial charge in [0.25, 0.3) is 5.69 Å². The summed E-state index contributed by atoms with van der Waals surface area (Å²) in [6, 6.07) is 5.25. The highest BCUT2D eigenvalue weighted by Gasteiger charge is 2.18. The van der Waals surface area contributed by atoms with E-state index in [9.17, 15) is 10.1 Å². The van der Waals surface area contributed by atoms with Crippen molar-refractivity contribution in [2.45, 2.75) is 25.3 Å². The van der Waals surface area contributed by atoms with E-state index in [1.807, 2.05) is 0 Å². The SMILES string of the molecule is O=[N+]([O-])c1ccc(C2CCCCN2)cc1Cl. The first-order chi connectivity index (χ1) is 7.68. The van der Waals surface area contributed by atoms with Gasteiger partial charge in [-0.3, -0.25) is 10.1 Å². The van der Waals surface area contributed by atoms with Gasteiger partial charge in [-0.2, -0.15) is 0 Å². The quantitative estimate of drug-likeness (QED) is 0.639. The first kappa shape index (κ1) is 11.4. The van der Waals surface area contributed by atoms with E-state index in [0.717, 1.165) is 18.5 Å². The Hall–Kier alpha value is -1.13. The number of nitrogens with zero attached hydrogens (tertiary/aromatic N) is 1. The lowest BCUT2D eigenvalue weighted by atomic mass is 9.97. The molecule has 1 aromatic rings. The molecule has 4 nitrogen and oxygen atoms in total. The second-order valence-electron chi connectivity index (χ2n) is 3.97. The summed E-state index contributed by atoms with van der Waals surface area (Å²) in [4.78, 5) is 10.2. The van der Waals surface area contributed by atoms with E-state index in [2.05, 4.69) is 5.32 Å². The molecule has 1 fully saturated rings. The molecule has 1 unspecified atom stereocenters. The molecule has 1 heterocycles. The van der Waals surface area contributed by atoms with E-state index in [0.29, 0.717) is 0 Å². The van der Waals surface area contributed by atoms with Gasteiger partial charge < -0.3 is 5.32 Å². The van der Waals surface area contributed by atoms with Crippen molar-refractivity contribution in [1.82, 2.24) is 5.32 Å². The fourth-order valence-electron chi connectivity index (χ4n) is 2.02. The second-order valence-corrected chi connectivity index (χ2v) is 4.38. The normalized spacial score (nSPS) is 20.7. The first-order valence-corrected chi connectivity index (χ1v) is 5.73.